The van der Waals surface area contributed by atoms with Gasteiger partial charge in [0.15, 0.2) is 0 Å². The first kappa shape index (κ1) is 13.3. The molecular weight excluding hydrogens is 386 g/mol. The van der Waals surface area contributed by atoms with Crippen LogP contribution in [-0.4, -0.2) is 10.1 Å². The lowest BCUT2D eigenvalue weighted by atomic mass is 10.2. The SMILES string of the molecule is Nc1c(Br)cc(Br)cc1-c1nc(-c2ccccc2)no1. The molecule has 0 saturated heterocycles. The van der Waals surface area contributed by atoms with Gasteiger partial charge in [0.25, 0.3) is 5.89 Å². The molecular formula is C14H9Br2N3O. The second kappa shape index (κ2) is 5.38. The molecule has 0 bridgehead atoms. The first-order chi connectivity index (χ1) is 9.65. The fraction of sp³-hybridized carbons (Fsp3) is 0. The number of hydrogen-bond donors (Lipinski definition) is 1. The van der Waals surface area contributed by atoms with Crippen LogP contribution in [0.1, 0.15) is 0 Å². The summed E-state index contributed by atoms with van der Waals surface area (Å²) in [6, 6.07) is 13.4. The summed E-state index contributed by atoms with van der Waals surface area (Å²) in [5.41, 5.74) is 8.20. The normalized spacial score (nSPS) is 10.7. The third kappa shape index (κ3) is 2.48. The second-order valence-electron chi connectivity index (χ2n) is 4.14. The molecule has 0 saturated carbocycles. The topological polar surface area (TPSA) is 64.9 Å². The summed E-state index contributed by atoms with van der Waals surface area (Å²) in [7, 11) is 0. The van der Waals surface area contributed by atoms with Gasteiger partial charge in [-0.25, -0.2) is 0 Å². The van der Waals surface area contributed by atoms with Crippen LogP contribution in [0, 0.1) is 0 Å². The van der Waals surface area contributed by atoms with Crippen molar-refractivity contribution in [2.24, 2.45) is 0 Å². The van der Waals surface area contributed by atoms with Crippen molar-refractivity contribution in [3.05, 3.63) is 51.4 Å². The number of rotatable bonds is 2. The Morgan fingerprint density at radius 2 is 1.80 bits per heavy atom. The molecule has 0 amide bonds. The van der Waals surface area contributed by atoms with E-state index < -0.39 is 0 Å². The molecule has 100 valence electrons. The summed E-state index contributed by atoms with van der Waals surface area (Å²) in [6.07, 6.45) is 0. The van der Waals surface area contributed by atoms with Crippen LogP contribution >= 0.6 is 31.9 Å². The Hall–Kier alpha value is -1.66. The Balaban J connectivity index is 2.07. The molecule has 0 atom stereocenters. The molecule has 2 aromatic carbocycles. The fourth-order valence-electron chi connectivity index (χ4n) is 1.80. The van der Waals surface area contributed by atoms with Crippen LogP contribution in [0.15, 0.2) is 55.9 Å². The lowest BCUT2D eigenvalue weighted by Gasteiger charge is -2.04. The minimum Gasteiger partial charge on any atom is -0.397 e. The van der Waals surface area contributed by atoms with Crippen LogP contribution in [0.3, 0.4) is 0 Å². The van der Waals surface area contributed by atoms with E-state index in [0.29, 0.717) is 23.0 Å². The van der Waals surface area contributed by atoms with Crippen LogP contribution in [0.5, 0.6) is 0 Å². The van der Waals surface area contributed by atoms with Gasteiger partial charge in [0.1, 0.15) is 0 Å². The van der Waals surface area contributed by atoms with Gasteiger partial charge >= 0.3 is 0 Å². The predicted octanol–water partition coefficient (Wildman–Crippen LogP) is 4.51. The Kier molecular flexibility index (Phi) is 3.58. The van der Waals surface area contributed by atoms with Crippen LogP contribution in [0.2, 0.25) is 0 Å². The highest BCUT2D eigenvalue weighted by Crippen LogP contribution is 2.35. The molecule has 0 aliphatic carbocycles. The lowest BCUT2D eigenvalue weighted by molar-refractivity contribution is 0.432. The minimum atomic E-state index is 0.392. The Labute approximate surface area is 132 Å². The maximum absolute atomic E-state index is 6.04. The molecule has 1 heterocycles. The molecule has 20 heavy (non-hydrogen) atoms. The van der Waals surface area contributed by atoms with Crippen LogP contribution in [0.25, 0.3) is 22.8 Å². The molecule has 3 aromatic rings. The van der Waals surface area contributed by atoms with Crippen molar-refractivity contribution in [2.45, 2.75) is 0 Å². The number of aromatic nitrogens is 2. The quantitative estimate of drug-likeness (QED) is 0.649. The molecule has 0 aliphatic rings. The summed E-state index contributed by atoms with van der Waals surface area (Å²) < 4.78 is 6.97. The molecule has 0 spiro atoms. The summed E-state index contributed by atoms with van der Waals surface area (Å²) in [6.45, 7) is 0. The van der Waals surface area contributed by atoms with Crippen LogP contribution < -0.4 is 5.73 Å². The summed E-state index contributed by atoms with van der Waals surface area (Å²) in [5.74, 6) is 0.930. The molecule has 0 fully saturated rings. The Morgan fingerprint density at radius 1 is 1.05 bits per heavy atom. The van der Waals surface area contributed by atoms with E-state index in [4.69, 9.17) is 10.3 Å². The van der Waals surface area contributed by atoms with Crippen molar-refractivity contribution in [3.8, 4) is 22.8 Å². The highest BCUT2D eigenvalue weighted by Gasteiger charge is 2.15. The van der Waals surface area contributed by atoms with Gasteiger partial charge in [-0.1, -0.05) is 51.4 Å². The Morgan fingerprint density at radius 3 is 2.55 bits per heavy atom. The van der Waals surface area contributed by atoms with Gasteiger partial charge in [-0.15, -0.1) is 0 Å². The summed E-state index contributed by atoms with van der Waals surface area (Å²) >= 11 is 6.82. The van der Waals surface area contributed by atoms with Gasteiger partial charge in [0.2, 0.25) is 5.82 Å². The largest absolute Gasteiger partial charge is 0.397 e. The average Bonchev–Trinajstić information content (AvgIpc) is 2.93. The Bertz CT molecular complexity index is 756. The van der Waals surface area contributed by atoms with E-state index in [1.165, 1.54) is 0 Å². The van der Waals surface area contributed by atoms with Crippen molar-refractivity contribution in [3.63, 3.8) is 0 Å². The first-order valence-electron chi connectivity index (χ1n) is 5.79. The van der Waals surface area contributed by atoms with Crippen molar-refractivity contribution < 1.29 is 4.52 Å². The van der Waals surface area contributed by atoms with Gasteiger partial charge in [-0.3, -0.25) is 0 Å². The third-order valence-electron chi connectivity index (χ3n) is 2.78. The standard InChI is InChI=1S/C14H9Br2N3O/c15-9-6-10(12(17)11(16)7-9)14-18-13(19-20-14)8-4-2-1-3-5-8/h1-7H,17H2. The molecule has 3 rings (SSSR count). The molecule has 6 heteroatoms. The van der Waals surface area contributed by atoms with Crippen LogP contribution in [0.4, 0.5) is 5.69 Å². The number of anilines is 1. The zero-order valence-corrected chi connectivity index (χ0v) is 13.3. The number of nitrogens with two attached hydrogens (primary N) is 1. The van der Waals surface area contributed by atoms with Crippen molar-refractivity contribution in [1.29, 1.82) is 0 Å². The highest BCUT2D eigenvalue weighted by atomic mass is 79.9. The smallest absolute Gasteiger partial charge is 0.260 e. The van der Waals surface area contributed by atoms with Crippen molar-refractivity contribution in [1.82, 2.24) is 10.1 Å². The number of benzene rings is 2. The van der Waals surface area contributed by atoms with E-state index in [0.717, 1.165) is 14.5 Å². The van der Waals surface area contributed by atoms with E-state index in [9.17, 15) is 0 Å². The summed E-state index contributed by atoms with van der Waals surface area (Å²) in [4.78, 5) is 4.39. The zero-order valence-electron chi connectivity index (χ0n) is 10.2. The maximum Gasteiger partial charge on any atom is 0.260 e. The number of nitrogens with zero attached hydrogens (tertiary/aromatic N) is 2. The maximum atomic E-state index is 6.04. The molecule has 1 aromatic heterocycles. The van der Waals surface area contributed by atoms with E-state index in [1.54, 1.807) is 0 Å². The van der Waals surface area contributed by atoms with E-state index >= 15 is 0 Å². The average molecular weight is 395 g/mol. The molecule has 2 N–H and O–H groups in total. The van der Waals surface area contributed by atoms with Gasteiger partial charge in [-0.05, 0) is 28.1 Å². The molecule has 0 radical (unpaired) electrons. The van der Waals surface area contributed by atoms with Gasteiger partial charge in [0, 0.05) is 14.5 Å². The lowest BCUT2D eigenvalue weighted by Crippen LogP contribution is -1.92. The predicted molar refractivity (Wildman–Crippen MR) is 85.0 cm³/mol. The zero-order chi connectivity index (χ0) is 14.1. The first-order valence-corrected chi connectivity index (χ1v) is 7.38. The van der Waals surface area contributed by atoms with E-state index in [2.05, 4.69) is 42.0 Å². The fourth-order valence-corrected chi connectivity index (χ4v) is 3.02. The molecule has 0 unspecified atom stereocenters. The monoisotopic (exact) mass is 393 g/mol. The molecule has 0 aliphatic heterocycles. The minimum absolute atomic E-state index is 0.392. The van der Waals surface area contributed by atoms with Crippen molar-refractivity contribution >= 4 is 37.5 Å². The van der Waals surface area contributed by atoms with Gasteiger partial charge < -0.3 is 10.3 Å². The highest BCUT2D eigenvalue weighted by molar-refractivity contribution is 9.11. The third-order valence-corrected chi connectivity index (χ3v) is 3.90. The van der Waals surface area contributed by atoms with E-state index in [1.807, 2.05) is 42.5 Å². The van der Waals surface area contributed by atoms with Crippen molar-refractivity contribution in [2.75, 3.05) is 5.73 Å². The number of nitrogen functional groups attached to an aromatic ring is 1. The van der Waals surface area contributed by atoms with E-state index in [-0.39, 0.29) is 0 Å². The number of hydrogen-bond acceptors (Lipinski definition) is 4. The van der Waals surface area contributed by atoms with Gasteiger partial charge in [0.05, 0.1) is 11.3 Å². The number of halogens is 2. The van der Waals surface area contributed by atoms with Gasteiger partial charge in [-0.2, -0.15) is 4.98 Å². The second-order valence-corrected chi connectivity index (χ2v) is 5.91. The van der Waals surface area contributed by atoms with Crippen LogP contribution in [-0.2, 0) is 0 Å². The molecule has 4 nitrogen and oxygen atoms in total. The summed E-state index contributed by atoms with van der Waals surface area (Å²) in [5, 5.41) is 3.99.